The molecular weight excluding hydrogens is 186 g/mol. The molecule has 12 heavy (non-hydrogen) atoms. The van der Waals surface area contributed by atoms with Crippen LogP contribution in [-0.4, -0.2) is 35.8 Å². The number of carbonyl (C=O) groups is 2. The van der Waals surface area contributed by atoms with Crippen molar-refractivity contribution in [2.45, 2.75) is 6.04 Å². The fourth-order valence-corrected chi connectivity index (χ4v) is 0.530. The van der Waals surface area contributed by atoms with E-state index >= 15 is 0 Å². The fourth-order valence-electron chi connectivity index (χ4n) is 0.403. The second kappa shape index (κ2) is 5.81. The normalized spacial score (nSPS) is 11.9. The molecule has 0 aliphatic carbocycles. The Morgan fingerprint density at radius 1 is 1.42 bits per heavy atom. The van der Waals surface area contributed by atoms with Crippen molar-refractivity contribution in [3.05, 3.63) is 0 Å². The van der Waals surface area contributed by atoms with Crippen molar-refractivity contribution in [1.82, 2.24) is 0 Å². The lowest BCUT2D eigenvalue weighted by molar-refractivity contribution is -0.160. The predicted octanol–water partition coefficient (Wildman–Crippen LogP) is -1.76. The molecule has 0 rings (SSSR count). The number of carbonyl (C=O) groups excluding carboxylic acids is 2. The predicted molar refractivity (Wildman–Crippen MR) is 41.1 cm³/mol. The maximum Gasteiger partial charge on any atom is 0.336 e. The lowest BCUT2D eigenvalue weighted by Crippen LogP contribution is -2.41. The molecule has 3 N–H and O–H groups in total. The van der Waals surface area contributed by atoms with Gasteiger partial charge < -0.3 is 20.3 Å². The van der Waals surface area contributed by atoms with Gasteiger partial charge in [-0.3, -0.25) is 0 Å². The van der Waals surface area contributed by atoms with Crippen LogP contribution in [0.5, 0.6) is 0 Å². The molecule has 0 saturated carbocycles. The molecule has 0 aromatic rings. The number of nitrogens with two attached hydrogens (primary N) is 1. The third-order valence-electron chi connectivity index (χ3n) is 0.921. The minimum absolute atomic E-state index is 0.168. The van der Waals surface area contributed by atoms with Crippen molar-refractivity contribution in [3.8, 4) is 0 Å². The topological polar surface area (TPSA) is 98.9 Å². The number of thiol groups is 1. The number of esters is 2. The first-order chi connectivity index (χ1) is 5.63. The Morgan fingerprint density at radius 3 is 2.33 bits per heavy atom. The van der Waals surface area contributed by atoms with Gasteiger partial charge in [-0.15, -0.1) is 12.6 Å². The van der Waals surface area contributed by atoms with Gasteiger partial charge in [0.2, 0.25) is 6.04 Å². The van der Waals surface area contributed by atoms with Crippen LogP contribution in [0.3, 0.4) is 0 Å². The Kier molecular flexibility index (Phi) is 5.43. The Hall–Kier alpha value is -0.790. The van der Waals surface area contributed by atoms with Crippen molar-refractivity contribution in [1.29, 1.82) is 0 Å². The third kappa shape index (κ3) is 3.56. The number of hydrogen-bond donors (Lipinski definition) is 3. The molecule has 70 valence electrons. The van der Waals surface area contributed by atoms with Crippen LogP contribution in [0.2, 0.25) is 0 Å². The third-order valence-corrected chi connectivity index (χ3v) is 1.05. The molecular formula is C5H9NO5S. The van der Waals surface area contributed by atoms with Crippen LogP contribution in [-0.2, 0) is 19.1 Å². The standard InChI is InChI=1S/C5H9NO5S/c6-3(4(8)10-1-7)5(9)11-2-12/h3,7,12H,1-2,6H2. The maximum atomic E-state index is 10.7. The van der Waals surface area contributed by atoms with Gasteiger partial charge in [-0.1, -0.05) is 0 Å². The molecule has 0 aromatic heterocycles. The van der Waals surface area contributed by atoms with Gasteiger partial charge in [0.15, 0.2) is 6.79 Å². The molecule has 0 aliphatic rings. The highest BCUT2D eigenvalue weighted by Gasteiger charge is 2.24. The molecule has 0 spiro atoms. The summed E-state index contributed by atoms with van der Waals surface area (Å²) in [7, 11) is 0. The van der Waals surface area contributed by atoms with Crippen LogP contribution in [0.1, 0.15) is 0 Å². The number of ether oxygens (including phenoxy) is 2. The first-order valence-electron chi connectivity index (χ1n) is 2.94. The van der Waals surface area contributed by atoms with Gasteiger partial charge in [-0.05, 0) is 0 Å². The van der Waals surface area contributed by atoms with E-state index in [1.807, 2.05) is 0 Å². The summed E-state index contributed by atoms with van der Waals surface area (Å²) in [5.41, 5.74) is 5.04. The Balaban J connectivity index is 3.91. The molecule has 1 atom stereocenters. The quantitative estimate of drug-likeness (QED) is 0.213. The Labute approximate surface area is 74.0 Å². The fraction of sp³-hybridized carbons (Fsp3) is 0.600. The Morgan fingerprint density at radius 2 is 1.92 bits per heavy atom. The van der Waals surface area contributed by atoms with Crippen LogP contribution in [0.4, 0.5) is 0 Å². The SMILES string of the molecule is NC(C(=O)OCO)C(=O)OCS. The zero-order chi connectivity index (χ0) is 9.56. The number of hydrogen-bond acceptors (Lipinski definition) is 7. The average molecular weight is 195 g/mol. The van der Waals surface area contributed by atoms with Crippen LogP contribution < -0.4 is 5.73 Å². The second-order valence-corrected chi connectivity index (χ2v) is 1.92. The number of rotatable bonds is 4. The molecule has 6 nitrogen and oxygen atoms in total. The van der Waals surface area contributed by atoms with E-state index in [1.165, 1.54) is 0 Å². The van der Waals surface area contributed by atoms with Crippen LogP contribution in [0.25, 0.3) is 0 Å². The maximum absolute atomic E-state index is 10.7. The van der Waals surface area contributed by atoms with Crippen molar-refractivity contribution >= 4 is 24.6 Å². The Bertz CT molecular complexity index is 155. The summed E-state index contributed by atoms with van der Waals surface area (Å²) < 4.78 is 8.33. The largest absolute Gasteiger partial charge is 0.453 e. The summed E-state index contributed by atoms with van der Waals surface area (Å²) in [4.78, 5) is 21.3. The van der Waals surface area contributed by atoms with E-state index in [-0.39, 0.29) is 5.94 Å². The lowest BCUT2D eigenvalue weighted by Gasteiger charge is -2.07. The minimum Gasteiger partial charge on any atom is -0.453 e. The molecule has 0 fully saturated rings. The van der Waals surface area contributed by atoms with E-state index in [9.17, 15) is 9.59 Å². The van der Waals surface area contributed by atoms with Crippen LogP contribution in [0.15, 0.2) is 0 Å². The van der Waals surface area contributed by atoms with Gasteiger partial charge in [0.1, 0.15) is 5.94 Å². The molecule has 0 saturated heterocycles. The van der Waals surface area contributed by atoms with Crippen molar-refractivity contribution in [2.24, 2.45) is 5.73 Å². The monoisotopic (exact) mass is 195 g/mol. The second-order valence-electron chi connectivity index (χ2n) is 1.66. The van der Waals surface area contributed by atoms with E-state index in [2.05, 4.69) is 22.1 Å². The van der Waals surface area contributed by atoms with Crippen LogP contribution in [0, 0.1) is 0 Å². The van der Waals surface area contributed by atoms with E-state index in [1.54, 1.807) is 0 Å². The lowest BCUT2D eigenvalue weighted by atomic mass is 10.3. The number of aliphatic hydroxyl groups excluding tert-OH is 1. The summed E-state index contributed by atoms with van der Waals surface area (Å²) >= 11 is 3.58. The summed E-state index contributed by atoms with van der Waals surface area (Å²) in [6.45, 7) is -0.819. The van der Waals surface area contributed by atoms with E-state index in [0.717, 1.165) is 0 Å². The van der Waals surface area contributed by atoms with Crippen LogP contribution >= 0.6 is 12.6 Å². The molecule has 0 amide bonds. The van der Waals surface area contributed by atoms with Crippen molar-refractivity contribution < 1.29 is 24.2 Å². The first-order valence-corrected chi connectivity index (χ1v) is 3.57. The summed E-state index contributed by atoms with van der Waals surface area (Å²) in [6, 6.07) is -1.52. The smallest absolute Gasteiger partial charge is 0.336 e. The summed E-state index contributed by atoms with van der Waals surface area (Å²) in [5.74, 6) is -2.15. The number of aliphatic hydroxyl groups is 1. The molecule has 0 heterocycles. The molecule has 0 aromatic carbocycles. The molecule has 0 aliphatic heterocycles. The van der Waals surface area contributed by atoms with E-state index in [4.69, 9.17) is 10.8 Å². The van der Waals surface area contributed by atoms with Gasteiger partial charge in [0, 0.05) is 0 Å². The molecule has 0 radical (unpaired) electrons. The highest BCUT2D eigenvalue weighted by atomic mass is 32.1. The summed E-state index contributed by atoms with van der Waals surface area (Å²) in [6.07, 6.45) is 0. The molecule has 0 bridgehead atoms. The van der Waals surface area contributed by atoms with Gasteiger partial charge in [-0.25, -0.2) is 9.59 Å². The molecule has 7 heteroatoms. The van der Waals surface area contributed by atoms with Crippen molar-refractivity contribution in [3.63, 3.8) is 0 Å². The van der Waals surface area contributed by atoms with Gasteiger partial charge in [0.25, 0.3) is 0 Å². The van der Waals surface area contributed by atoms with Gasteiger partial charge in [-0.2, -0.15) is 0 Å². The highest BCUT2D eigenvalue weighted by Crippen LogP contribution is 1.90. The van der Waals surface area contributed by atoms with Gasteiger partial charge >= 0.3 is 11.9 Å². The zero-order valence-corrected chi connectivity index (χ0v) is 6.99. The highest BCUT2D eigenvalue weighted by molar-refractivity contribution is 7.80. The minimum atomic E-state index is -1.52. The average Bonchev–Trinajstić information content (AvgIpc) is 2.04. The van der Waals surface area contributed by atoms with Crippen molar-refractivity contribution in [2.75, 3.05) is 12.7 Å². The van der Waals surface area contributed by atoms with Gasteiger partial charge in [0.05, 0.1) is 0 Å². The first kappa shape index (κ1) is 11.2. The summed E-state index contributed by atoms with van der Waals surface area (Å²) in [5, 5.41) is 8.13. The molecule has 1 unspecified atom stereocenters. The zero-order valence-electron chi connectivity index (χ0n) is 6.10. The van der Waals surface area contributed by atoms with E-state index in [0.29, 0.717) is 0 Å². The van der Waals surface area contributed by atoms with E-state index < -0.39 is 24.8 Å².